The molecule has 1 aromatic heterocycles. The molecule has 0 radical (unpaired) electrons. The zero-order valence-electron chi connectivity index (χ0n) is 18.0. The molecule has 2 aromatic carbocycles. The fourth-order valence-corrected chi connectivity index (χ4v) is 4.12. The Hall–Kier alpha value is -3.03. The number of amides is 2. The molecule has 4 rings (SSSR count). The number of halogens is 1. The van der Waals surface area contributed by atoms with E-state index in [0.717, 1.165) is 25.7 Å². The molecule has 1 aliphatic rings. The highest BCUT2D eigenvalue weighted by molar-refractivity contribution is 7.59. The SMILES string of the molecule is O=C(NC1CCCC[C@H]1NC(=O)c1ccc(Cl)cc1)c1ccc(-n2ccccc2=O)cc1.S. The van der Waals surface area contributed by atoms with Crippen LogP contribution < -0.4 is 16.2 Å². The summed E-state index contributed by atoms with van der Waals surface area (Å²) in [6, 6.07) is 18.3. The molecular formula is C25H26ClN3O3S. The Labute approximate surface area is 204 Å². The molecule has 172 valence electrons. The quantitative estimate of drug-likeness (QED) is 0.574. The molecule has 0 spiro atoms. The van der Waals surface area contributed by atoms with E-state index in [1.54, 1.807) is 66.9 Å². The van der Waals surface area contributed by atoms with Crippen molar-refractivity contribution in [2.24, 2.45) is 0 Å². The highest BCUT2D eigenvalue weighted by atomic mass is 35.5. The van der Waals surface area contributed by atoms with Crippen molar-refractivity contribution in [3.05, 3.63) is 99.4 Å². The summed E-state index contributed by atoms with van der Waals surface area (Å²) in [6.45, 7) is 0. The van der Waals surface area contributed by atoms with Crippen LogP contribution in [0.1, 0.15) is 46.4 Å². The molecule has 0 bridgehead atoms. The molecule has 0 aliphatic heterocycles. The third kappa shape index (κ3) is 6.06. The van der Waals surface area contributed by atoms with Crippen molar-refractivity contribution in [3.8, 4) is 5.69 Å². The minimum atomic E-state index is -0.199. The molecule has 1 fully saturated rings. The third-order valence-electron chi connectivity index (χ3n) is 5.74. The second kappa shape index (κ2) is 11.2. The number of rotatable bonds is 5. The Morgan fingerprint density at radius 2 is 1.30 bits per heavy atom. The van der Waals surface area contributed by atoms with Crippen LogP contribution in [0.25, 0.3) is 5.69 Å². The van der Waals surface area contributed by atoms with Crippen LogP contribution in [0, 0.1) is 0 Å². The van der Waals surface area contributed by atoms with Crippen LogP contribution in [-0.2, 0) is 0 Å². The maximum atomic E-state index is 12.9. The average Bonchev–Trinajstić information content (AvgIpc) is 2.81. The highest BCUT2D eigenvalue weighted by Crippen LogP contribution is 2.20. The molecule has 33 heavy (non-hydrogen) atoms. The van der Waals surface area contributed by atoms with E-state index in [4.69, 9.17) is 11.6 Å². The molecule has 0 saturated heterocycles. The maximum absolute atomic E-state index is 12.9. The number of carbonyl (C=O) groups is 2. The summed E-state index contributed by atoms with van der Waals surface area (Å²) in [4.78, 5) is 37.5. The zero-order chi connectivity index (χ0) is 22.5. The molecule has 8 heteroatoms. The minimum Gasteiger partial charge on any atom is -0.347 e. The normalized spacial score (nSPS) is 17.5. The van der Waals surface area contributed by atoms with E-state index in [0.29, 0.717) is 21.8 Å². The van der Waals surface area contributed by atoms with Gasteiger partial charge in [-0.1, -0.05) is 30.5 Å². The lowest BCUT2D eigenvalue weighted by molar-refractivity contribution is 0.0863. The van der Waals surface area contributed by atoms with Crippen LogP contribution in [0.3, 0.4) is 0 Å². The van der Waals surface area contributed by atoms with E-state index in [1.165, 1.54) is 10.6 Å². The first-order valence-corrected chi connectivity index (χ1v) is 11.0. The minimum absolute atomic E-state index is 0. The fraction of sp³-hybridized carbons (Fsp3) is 0.240. The van der Waals surface area contributed by atoms with Crippen molar-refractivity contribution in [2.75, 3.05) is 0 Å². The topological polar surface area (TPSA) is 80.2 Å². The van der Waals surface area contributed by atoms with Gasteiger partial charge in [-0.15, -0.1) is 0 Å². The van der Waals surface area contributed by atoms with Crippen LogP contribution in [0.15, 0.2) is 77.7 Å². The number of hydrogen-bond acceptors (Lipinski definition) is 3. The van der Waals surface area contributed by atoms with Crippen molar-refractivity contribution in [3.63, 3.8) is 0 Å². The van der Waals surface area contributed by atoms with E-state index >= 15 is 0 Å². The maximum Gasteiger partial charge on any atom is 0.255 e. The summed E-state index contributed by atoms with van der Waals surface area (Å²) in [5.74, 6) is -0.375. The van der Waals surface area contributed by atoms with Crippen molar-refractivity contribution in [1.29, 1.82) is 0 Å². The predicted molar refractivity (Wildman–Crippen MR) is 135 cm³/mol. The summed E-state index contributed by atoms with van der Waals surface area (Å²) in [6.07, 6.45) is 5.29. The Morgan fingerprint density at radius 3 is 1.82 bits per heavy atom. The van der Waals surface area contributed by atoms with E-state index in [2.05, 4.69) is 10.6 Å². The first-order chi connectivity index (χ1) is 15.5. The van der Waals surface area contributed by atoms with Crippen molar-refractivity contribution in [1.82, 2.24) is 15.2 Å². The average molecular weight is 484 g/mol. The molecule has 2 atom stereocenters. The van der Waals surface area contributed by atoms with Crippen LogP contribution in [-0.4, -0.2) is 28.5 Å². The van der Waals surface area contributed by atoms with E-state index < -0.39 is 0 Å². The van der Waals surface area contributed by atoms with E-state index in [9.17, 15) is 14.4 Å². The van der Waals surface area contributed by atoms with Crippen molar-refractivity contribution in [2.45, 2.75) is 37.8 Å². The molecule has 1 aliphatic carbocycles. The van der Waals surface area contributed by atoms with Gasteiger partial charge in [0.15, 0.2) is 0 Å². The van der Waals surface area contributed by atoms with Gasteiger partial charge in [-0.2, -0.15) is 13.5 Å². The van der Waals surface area contributed by atoms with Gasteiger partial charge in [0.25, 0.3) is 17.4 Å². The lowest BCUT2D eigenvalue weighted by Gasteiger charge is -2.33. The monoisotopic (exact) mass is 483 g/mol. The van der Waals surface area contributed by atoms with Crippen LogP contribution >= 0.6 is 25.1 Å². The van der Waals surface area contributed by atoms with E-state index in [1.807, 2.05) is 0 Å². The first-order valence-electron chi connectivity index (χ1n) is 10.7. The van der Waals surface area contributed by atoms with Gasteiger partial charge in [0.1, 0.15) is 0 Å². The fourth-order valence-electron chi connectivity index (χ4n) is 4.00. The van der Waals surface area contributed by atoms with Gasteiger partial charge in [-0.25, -0.2) is 0 Å². The molecule has 1 heterocycles. The molecule has 2 amide bonds. The number of benzene rings is 2. The van der Waals surface area contributed by atoms with Gasteiger partial charge in [0.2, 0.25) is 0 Å². The van der Waals surface area contributed by atoms with Gasteiger partial charge in [0.05, 0.1) is 0 Å². The lowest BCUT2D eigenvalue weighted by atomic mass is 9.89. The van der Waals surface area contributed by atoms with Gasteiger partial charge in [-0.05, 0) is 67.4 Å². The third-order valence-corrected chi connectivity index (χ3v) is 5.99. The Morgan fingerprint density at radius 1 is 0.788 bits per heavy atom. The van der Waals surface area contributed by atoms with Gasteiger partial charge in [0, 0.05) is 46.2 Å². The summed E-state index contributed by atoms with van der Waals surface area (Å²) in [5.41, 5.74) is 1.60. The van der Waals surface area contributed by atoms with Gasteiger partial charge >= 0.3 is 0 Å². The lowest BCUT2D eigenvalue weighted by Crippen LogP contribution is -2.53. The van der Waals surface area contributed by atoms with Crippen LogP contribution in [0.2, 0.25) is 5.02 Å². The zero-order valence-corrected chi connectivity index (χ0v) is 19.7. The predicted octanol–water partition coefficient (Wildman–Crippen LogP) is 4.07. The second-order valence-corrected chi connectivity index (χ2v) is 8.34. The number of pyridine rings is 1. The molecule has 1 saturated carbocycles. The summed E-state index contributed by atoms with van der Waals surface area (Å²) in [5, 5.41) is 6.72. The van der Waals surface area contributed by atoms with Gasteiger partial charge in [-0.3, -0.25) is 19.0 Å². The van der Waals surface area contributed by atoms with Crippen molar-refractivity contribution >= 4 is 36.9 Å². The Kier molecular flexibility index (Phi) is 8.36. The Balaban J connectivity index is 0.00000306. The number of aromatic nitrogens is 1. The second-order valence-electron chi connectivity index (χ2n) is 7.91. The molecule has 1 unspecified atom stereocenters. The van der Waals surface area contributed by atoms with Gasteiger partial charge < -0.3 is 10.6 Å². The number of carbonyl (C=O) groups excluding carboxylic acids is 2. The standard InChI is InChI=1S/C25H24ClN3O3.H2S/c26-19-12-8-17(9-13-19)24(31)27-21-5-1-2-6-22(21)28-25(32)18-10-14-20(15-11-18)29-16-4-3-7-23(29)30;/h3-4,7-16,21-22H,1-2,5-6H2,(H,27,31)(H,28,32);1H2/t21-,22?;/m1./s1. The van der Waals surface area contributed by atoms with E-state index in [-0.39, 0.29) is 43.0 Å². The summed E-state index contributed by atoms with van der Waals surface area (Å²) in [7, 11) is 0. The summed E-state index contributed by atoms with van der Waals surface area (Å²) < 4.78 is 1.52. The number of nitrogens with zero attached hydrogens (tertiary/aromatic N) is 1. The molecule has 2 N–H and O–H groups in total. The molecule has 6 nitrogen and oxygen atoms in total. The largest absolute Gasteiger partial charge is 0.347 e. The molecular weight excluding hydrogens is 458 g/mol. The van der Waals surface area contributed by atoms with Crippen LogP contribution in [0.4, 0.5) is 0 Å². The first kappa shape index (κ1) is 24.6. The smallest absolute Gasteiger partial charge is 0.255 e. The van der Waals surface area contributed by atoms with Crippen molar-refractivity contribution < 1.29 is 9.59 Å². The Bertz CT molecular complexity index is 1160. The highest BCUT2D eigenvalue weighted by Gasteiger charge is 2.28. The molecule has 3 aromatic rings. The van der Waals surface area contributed by atoms with Crippen LogP contribution in [0.5, 0.6) is 0 Å². The summed E-state index contributed by atoms with van der Waals surface area (Å²) >= 11 is 5.90. The number of nitrogens with one attached hydrogen (secondary N) is 2. The number of hydrogen-bond donors (Lipinski definition) is 2.